The summed E-state index contributed by atoms with van der Waals surface area (Å²) in [4.78, 5) is 27.1. The Bertz CT molecular complexity index is 1020. The Kier molecular flexibility index (Phi) is 5.66. The van der Waals surface area contributed by atoms with Gasteiger partial charge in [-0.05, 0) is 53.6 Å². The van der Waals surface area contributed by atoms with Crippen molar-refractivity contribution >= 4 is 33.4 Å². The van der Waals surface area contributed by atoms with Gasteiger partial charge in [-0.25, -0.2) is 0 Å². The van der Waals surface area contributed by atoms with Gasteiger partial charge in [-0.1, -0.05) is 28.1 Å². The molecule has 1 aliphatic heterocycles. The summed E-state index contributed by atoms with van der Waals surface area (Å²) < 4.78 is 0.966. The van der Waals surface area contributed by atoms with Crippen molar-refractivity contribution in [3.63, 3.8) is 0 Å². The van der Waals surface area contributed by atoms with E-state index < -0.39 is 0 Å². The van der Waals surface area contributed by atoms with Crippen LogP contribution in [0.3, 0.4) is 0 Å². The third kappa shape index (κ3) is 4.68. The zero-order valence-corrected chi connectivity index (χ0v) is 17.2. The van der Waals surface area contributed by atoms with Crippen molar-refractivity contribution in [3.05, 3.63) is 58.6 Å². The van der Waals surface area contributed by atoms with Crippen LogP contribution in [0.5, 0.6) is 0 Å². The number of aromatic nitrogens is 4. The molecule has 2 amide bonds. The van der Waals surface area contributed by atoms with Crippen molar-refractivity contribution < 1.29 is 9.59 Å². The second kappa shape index (κ2) is 8.52. The average Bonchev–Trinajstić information content (AvgIpc) is 3.36. The number of tetrazole rings is 1. The Labute approximate surface area is 176 Å². The van der Waals surface area contributed by atoms with E-state index in [4.69, 9.17) is 0 Å². The molecule has 0 bridgehead atoms. The Hall–Kier alpha value is -3.07. The van der Waals surface area contributed by atoms with E-state index in [1.165, 1.54) is 4.80 Å². The molecule has 0 radical (unpaired) electrons. The van der Waals surface area contributed by atoms with Gasteiger partial charge in [0.2, 0.25) is 17.6 Å². The number of halogens is 1. The Morgan fingerprint density at radius 3 is 2.55 bits per heavy atom. The highest BCUT2D eigenvalue weighted by Crippen LogP contribution is 2.21. The van der Waals surface area contributed by atoms with Crippen molar-refractivity contribution in [2.45, 2.75) is 25.9 Å². The molecule has 4 rings (SSSR count). The molecule has 1 aromatic heterocycles. The van der Waals surface area contributed by atoms with Gasteiger partial charge in [0, 0.05) is 35.2 Å². The maximum absolute atomic E-state index is 12.2. The second-order valence-corrected chi connectivity index (χ2v) is 7.66. The standard InChI is InChI=1S/C20H19BrN6O2/c21-16-7-5-15(6-8-16)20-23-25-27(24-20)13-18(28)22-12-14-3-9-17(10-4-14)26-11-1-2-19(26)29/h3-10H,1-2,11-13H2,(H,22,28). The minimum Gasteiger partial charge on any atom is -0.350 e. The van der Waals surface area contributed by atoms with Crippen LogP contribution in [-0.4, -0.2) is 38.6 Å². The van der Waals surface area contributed by atoms with Crippen LogP contribution in [0.25, 0.3) is 11.4 Å². The van der Waals surface area contributed by atoms with E-state index in [0.717, 1.165) is 34.3 Å². The summed E-state index contributed by atoms with van der Waals surface area (Å²) in [6.45, 7) is 1.15. The first-order valence-corrected chi connectivity index (χ1v) is 10.1. The zero-order chi connectivity index (χ0) is 20.2. The SMILES string of the molecule is O=C(Cn1nnc(-c2ccc(Br)cc2)n1)NCc1ccc(N2CCCC2=O)cc1. The molecular formula is C20H19BrN6O2. The van der Waals surface area contributed by atoms with Crippen LogP contribution in [0.1, 0.15) is 18.4 Å². The molecule has 0 unspecified atom stereocenters. The lowest BCUT2D eigenvalue weighted by Crippen LogP contribution is -2.28. The molecule has 0 spiro atoms. The van der Waals surface area contributed by atoms with E-state index in [-0.39, 0.29) is 18.4 Å². The molecule has 2 heterocycles. The van der Waals surface area contributed by atoms with Crippen molar-refractivity contribution in [1.29, 1.82) is 0 Å². The van der Waals surface area contributed by atoms with Gasteiger partial charge in [0.1, 0.15) is 6.54 Å². The number of hydrogen-bond donors (Lipinski definition) is 1. The van der Waals surface area contributed by atoms with E-state index in [1.807, 2.05) is 48.5 Å². The number of amides is 2. The quantitative estimate of drug-likeness (QED) is 0.617. The number of nitrogens with zero attached hydrogens (tertiary/aromatic N) is 5. The van der Waals surface area contributed by atoms with Crippen LogP contribution in [0.4, 0.5) is 5.69 Å². The van der Waals surface area contributed by atoms with E-state index in [1.54, 1.807) is 4.90 Å². The number of nitrogens with one attached hydrogen (secondary N) is 1. The number of rotatable bonds is 6. The second-order valence-electron chi connectivity index (χ2n) is 6.74. The highest BCUT2D eigenvalue weighted by Gasteiger charge is 2.21. The summed E-state index contributed by atoms with van der Waals surface area (Å²) in [6, 6.07) is 15.2. The van der Waals surface area contributed by atoms with Gasteiger partial charge in [-0.2, -0.15) is 4.80 Å². The molecule has 1 N–H and O–H groups in total. The minimum absolute atomic E-state index is 0.0100. The van der Waals surface area contributed by atoms with Crippen LogP contribution in [0.15, 0.2) is 53.0 Å². The fraction of sp³-hybridized carbons (Fsp3) is 0.250. The molecule has 29 heavy (non-hydrogen) atoms. The Morgan fingerprint density at radius 1 is 1.10 bits per heavy atom. The highest BCUT2D eigenvalue weighted by atomic mass is 79.9. The first-order valence-electron chi connectivity index (χ1n) is 9.28. The van der Waals surface area contributed by atoms with E-state index >= 15 is 0 Å². The van der Waals surface area contributed by atoms with Crippen molar-refractivity contribution in [1.82, 2.24) is 25.5 Å². The maximum Gasteiger partial charge on any atom is 0.243 e. The van der Waals surface area contributed by atoms with Gasteiger partial charge in [0.05, 0.1) is 0 Å². The molecule has 1 fully saturated rings. The van der Waals surface area contributed by atoms with Gasteiger partial charge in [-0.15, -0.1) is 10.2 Å². The molecule has 2 aromatic carbocycles. The van der Waals surface area contributed by atoms with Crippen LogP contribution in [0.2, 0.25) is 0 Å². The Morgan fingerprint density at radius 2 is 1.86 bits per heavy atom. The number of carbonyl (C=O) groups is 2. The fourth-order valence-electron chi connectivity index (χ4n) is 3.12. The molecule has 0 atom stereocenters. The van der Waals surface area contributed by atoms with Crippen LogP contribution in [-0.2, 0) is 22.7 Å². The number of anilines is 1. The maximum atomic E-state index is 12.2. The summed E-state index contributed by atoms with van der Waals surface area (Å²) in [5.41, 5.74) is 2.68. The normalized spacial score (nSPS) is 13.7. The number of benzene rings is 2. The summed E-state index contributed by atoms with van der Waals surface area (Å²) in [5.74, 6) is 0.426. The first kappa shape index (κ1) is 19.3. The Balaban J connectivity index is 1.30. The van der Waals surface area contributed by atoms with Crippen LogP contribution in [0, 0.1) is 0 Å². The third-order valence-electron chi connectivity index (χ3n) is 4.65. The molecule has 148 valence electrons. The third-order valence-corrected chi connectivity index (χ3v) is 5.18. The lowest BCUT2D eigenvalue weighted by atomic mass is 10.2. The van der Waals surface area contributed by atoms with Crippen LogP contribution < -0.4 is 10.2 Å². The largest absolute Gasteiger partial charge is 0.350 e. The first-order chi connectivity index (χ1) is 14.1. The molecule has 9 heteroatoms. The smallest absolute Gasteiger partial charge is 0.243 e. The summed E-state index contributed by atoms with van der Waals surface area (Å²) in [6.07, 6.45) is 1.51. The monoisotopic (exact) mass is 454 g/mol. The molecule has 8 nitrogen and oxygen atoms in total. The predicted octanol–water partition coefficient (Wildman–Crippen LogP) is 2.55. The van der Waals surface area contributed by atoms with Gasteiger partial charge < -0.3 is 10.2 Å². The van der Waals surface area contributed by atoms with Crippen LogP contribution >= 0.6 is 15.9 Å². The lowest BCUT2D eigenvalue weighted by molar-refractivity contribution is -0.122. The molecule has 3 aromatic rings. The van der Waals surface area contributed by atoms with E-state index in [2.05, 4.69) is 36.7 Å². The van der Waals surface area contributed by atoms with Gasteiger partial charge in [0.15, 0.2) is 0 Å². The highest BCUT2D eigenvalue weighted by molar-refractivity contribution is 9.10. The molecule has 1 aliphatic rings. The summed E-state index contributed by atoms with van der Waals surface area (Å²) in [5, 5.41) is 15.0. The lowest BCUT2D eigenvalue weighted by Gasteiger charge is -2.16. The topological polar surface area (TPSA) is 93.0 Å². The number of carbonyl (C=O) groups excluding carboxylic acids is 2. The predicted molar refractivity (Wildman–Crippen MR) is 111 cm³/mol. The van der Waals surface area contributed by atoms with Gasteiger partial charge >= 0.3 is 0 Å². The van der Waals surface area contributed by atoms with Crippen molar-refractivity contribution in [3.8, 4) is 11.4 Å². The average molecular weight is 455 g/mol. The van der Waals surface area contributed by atoms with Gasteiger partial charge in [-0.3, -0.25) is 9.59 Å². The molecule has 0 saturated carbocycles. The molecule has 0 aliphatic carbocycles. The summed E-state index contributed by atoms with van der Waals surface area (Å²) >= 11 is 3.38. The number of hydrogen-bond acceptors (Lipinski definition) is 5. The van der Waals surface area contributed by atoms with E-state index in [9.17, 15) is 9.59 Å². The summed E-state index contributed by atoms with van der Waals surface area (Å²) in [7, 11) is 0. The molecule has 1 saturated heterocycles. The van der Waals surface area contributed by atoms with Gasteiger partial charge in [0.25, 0.3) is 0 Å². The minimum atomic E-state index is -0.205. The van der Waals surface area contributed by atoms with Crippen molar-refractivity contribution in [2.75, 3.05) is 11.4 Å². The zero-order valence-electron chi connectivity index (χ0n) is 15.6. The van der Waals surface area contributed by atoms with Crippen molar-refractivity contribution in [2.24, 2.45) is 0 Å². The molecular weight excluding hydrogens is 436 g/mol. The fourth-order valence-corrected chi connectivity index (χ4v) is 3.39. The van der Waals surface area contributed by atoms with E-state index in [0.29, 0.717) is 18.8 Å².